The van der Waals surface area contributed by atoms with Gasteiger partial charge in [0.25, 0.3) is 0 Å². The Morgan fingerprint density at radius 1 is 1.15 bits per heavy atom. The van der Waals surface area contributed by atoms with Crippen LogP contribution in [0.15, 0.2) is 24.3 Å². The average molecular weight is 290 g/mol. The van der Waals surface area contributed by atoms with Crippen molar-refractivity contribution in [2.45, 2.75) is 38.2 Å². The Balaban J connectivity index is 1.83. The summed E-state index contributed by atoms with van der Waals surface area (Å²) in [6, 6.07) is 6.35. The number of hydrogen-bond donors (Lipinski definition) is 0. The molecule has 1 aromatic carbocycles. The molecule has 0 bridgehead atoms. The van der Waals surface area contributed by atoms with Gasteiger partial charge in [0.2, 0.25) is 0 Å². The van der Waals surface area contributed by atoms with E-state index in [9.17, 15) is 0 Å². The van der Waals surface area contributed by atoms with Gasteiger partial charge >= 0.3 is 0 Å². The van der Waals surface area contributed by atoms with Crippen LogP contribution in [0.2, 0.25) is 0 Å². The van der Waals surface area contributed by atoms with Crippen molar-refractivity contribution in [1.29, 1.82) is 0 Å². The lowest BCUT2D eigenvalue weighted by Crippen LogP contribution is -2.11. The maximum atomic E-state index is 6.17. The number of allylic oxidation sites excluding steroid dienone is 1. The standard InChI is InChI=1S/C17H22O2S/c1-18-16-9-8-13(14-5-4-10-20-12-14)11-17(16)19-15-6-2-3-7-15/h5,8-9,11,15H,2-4,6-7,10,12H2,1H3. The van der Waals surface area contributed by atoms with E-state index < -0.39 is 0 Å². The molecule has 3 rings (SSSR count). The molecule has 0 spiro atoms. The molecule has 0 aromatic heterocycles. The average Bonchev–Trinajstić information content (AvgIpc) is 3.01. The highest BCUT2D eigenvalue weighted by Crippen LogP contribution is 2.35. The monoisotopic (exact) mass is 290 g/mol. The van der Waals surface area contributed by atoms with E-state index in [1.165, 1.54) is 49.0 Å². The summed E-state index contributed by atoms with van der Waals surface area (Å²) in [6.45, 7) is 0. The number of methoxy groups -OCH3 is 1. The molecule has 1 saturated carbocycles. The van der Waals surface area contributed by atoms with Crippen LogP contribution < -0.4 is 9.47 Å². The first-order chi connectivity index (χ1) is 9.86. The zero-order chi connectivity index (χ0) is 13.8. The molecule has 2 aliphatic rings. The van der Waals surface area contributed by atoms with Gasteiger partial charge in [-0.3, -0.25) is 0 Å². The van der Waals surface area contributed by atoms with Gasteiger partial charge in [-0.05, 0) is 61.1 Å². The summed E-state index contributed by atoms with van der Waals surface area (Å²) in [7, 11) is 1.71. The first kappa shape index (κ1) is 13.9. The number of thioether (sulfide) groups is 1. The maximum Gasteiger partial charge on any atom is 0.162 e. The first-order valence-electron chi connectivity index (χ1n) is 7.48. The van der Waals surface area contributed by atoms with Crippen LogP contribution in [0.4, 0.5) is 0 Å². The molecule has 1 aromatic rings. The van der Waals surface area contributed by atoms with Gasteiger partial charge in [-0.25, -0.2) is 0 Å². The second kappa shape index (κ2) is 6.57. The predicted molar refractivity (Wildman–Crippen MR) is 85.8 cm³/mol. The SMILES string of the molecule is COc1ccc(C2=CCCSC2)cc1OC1CCCC1. The molecule has 1 fully saturated rings. The lowest BCUT2D eigenvalue weighted by molar-refractivity contribution is 0.200. The lowest BCUT2D eigenvalue weighted by Gasteiger charge is -2.18. The minimum absolute atomic E-state index is 0.369. The molecule has 0 unspecified atom stereocenters. The Kier molecular flexibility index (Phi) is 4.56. The van der Waals surface area contributed by atoms with Crippen molar-refractivity contribution >= 4 is 17.3 Å². The van der Waals surface area contributed by atoms with E-state index in [-0.39, 0.29) is 0 Å². The molecule has 2 nitrogen and oxygen atoms in total. The molecule has 20 heavy (non-hydrogen) atoms. The largest absolute Gasteiger partial charge is 0.493 e. The van der Waals surface area contributed by atoms with Gasteiger partial charge in [-0.2, -0.15) is 11.8 Å². The van der Waals surface area contributed by atoms with Crippen molar-refractivity contribution in [1.82, 2.24) is 0 Å². The van der Waals surface area contributed by atoms with Gasteiger partial charge in [0.1, 0.15) is 0 Å². The zero-order valence-corrected chi connectivity index (χ0v) is 12.9. The molecule has 0 radical (unpaired) electrons. The van der Waals surface area contributed by atoms with Crippen LogP contribution in [0, 0.1) is 0 Å². The van der Waals surface area contributed by atoms with Crippen LogP contribution in [-0.4, -0.2) is 24.7 Å². The minimum Gasteiger partial charge on any atom is -0.493 e. The van der Waals surface area contributed by atoms with E-state index in [1.807, 2.05) is 17.8 Å². The van der Waals surface area contributed by atoms with E-state index in [4.69, 9.17) is 9.47 Å². The Morgan fingerprint density at radius 3 is 2.70 bits per heavy atom. The quantitative estimate of drug-likeness (QED) is 0.811. The second-order valence-electron chi connectivity index (χ2n) is 5.46. The molecular weight excluding hydrogens is 268 g/mol. The molecule has 1 aliphatic heterocycles. The van der Waals surface area contributed by atoms with Gasteiger partial charge in [0.15, 0.2) is 11.5 Å². The highest BCUT2D eigenvalue weighted by Gasteiger charge is 2.19. The Morgan fingerprint density at radius 2 is 2.00 bits per heavy atom. The van der Waals surface area contributed by atoms with Crippen molar-refractivity contribution in [3.63, 3.8) is 0 Å². The van der Waals surface area contributed by atoms with Gasteiger partial charge in [0, 0.05) is 5.75 Å². The van der Waals surface area contributed by atoms with Crippen LogP contribution in [-0.2, 0) is 0 Å². The third-order valence-electron chi connectivity index (χ3n) is 4.04. The van der Waals surface area contributed by atoms with Crippen LogP contribution >= 0.6 is 11.8 Å². The predicted octanol–water partition coefficient (Wildman–Crippen LogP) is 4.54. The van der Waals surface area contributed by atoms with Crippen LogP contribution in [0.5, 0.6) is 11.5 Å². The fourth-order valence-corrected chi connectivity index (χ4v) is 3.85. The smallest absolute Gasteiger partial charge is 0.162 e. The summed E-state index contributed by atoms with van der Waals surface area (Å²) in [5, 5.41) is 0. The minimum atomic E-state index is 0.369. The number of benzene rings is 1. The van der Waals surface area contributed by atoms with Gasteiger partial charge in [-0.1, -0.05) is 12.1 Å². The van der Waals surface area contributed by atoms with E-state index >= 15 is 0 Å². The van der Waals surface area contributed by atoms with E-state index in [0.29, 0.717) is 6.10 Å². The Labute approximate surface area is 125 Å². The van der Waals surface area contributed by atoms with Gasteiger partial charge in [-0.15, -0.1) is 0 Å². The molecule has 0 N–H and O–H groups in total. The zero-order valence-electron chi connectivity index (χ0n) is 12.1. The summed E-state index contributed by atoms with van der Waals surface area (Å²) in [6.07, 6.45) is 8.82. The van der Waals surface area contributed by atoms with Crippen LogP contribution in [0.1, 0.15) is 37.7 Å². The summed E-state index contributed by atoms with van der Waals surface area (Å²) in [4.78, 5) is 0. The molecule has 0 atom stereocenters. The molecule has 0 saturated heterocycles. The Hall–Kier alpha value is -1.09. The molecule has 108 valence electrons. The van der Waals surface area contributed by atoms with Gasteiger partial charge in [0.05, 0.1) is 13.2 Å². The van der Waals surface area contributed by atoms with Gasteiger partial charge < -0.3 is 9.47 Å². The highest BCUT2D eigenvalue weighted by atomic mass is 32.2. The highest BCUT2D eigenvalue weighted by molar-refractivity contribution is 7.99. The van der Waals surface area contributed by atoms with E-state index in [1.54, 1.807) is 7.11 Å². The van der Waals surface area contributed by atoms with Crippen LogP contribution in [0.25, 0.3) is 5.57 Å². The molecule has 1 heterocycles. The number of ether oxygens (including phenoxy) is 2. The van der Waals surface area contributed by atoms with E-state index in [0.717, 1.165) is 17.3 Å². The van der Waals surface area contributed by atoms with E-state index in [2.05, 4.69) is 18.2 Å². The fourth-order valence-electron chi connectivity index (χ4n) is 2.91. The summed E-state index contributed by atoms with van der Waals surface area (Å²) in [5.74, 6) is 4.11. The summed E-state index contributed by atoms with van der Waals surface area (Å²) >= 11 is 2.01. The maximum absolute atomic E-state index is 6.17. The summed E-state index contributed by atoms with van der Waals surface area (Å²) < 4.78 is 11.6. The Bertz CT molecular complexity index is 490. The third kappa shape index (κ3) is 3.14. The van der Waals surface area contributed by atoms with Crippen molar-refractivity contribution < 1.29 is 9.47 Å². The number of hydrogen-bond acceptors (Lipinski definition) is 3. The number of rotatable bonds is 4. The molecule has 0 amide bonds. The van der Waals surface area contributed by atoms with Crippen molar-refractivity contribution in [2.75, 3.05) is 18.6 Å². The third-order valence-corrected chi connectivity index (χ3v) is 5.08. The van der Waals surface area contributed by atoms with Crippen molar-refractivity contribution in [2.24, 2.45) is 0 Å². The lowest BCUT2D eigenvalue weighted by atomic mass is 10.1. The molecule has 1 aliphatic carbocycles. The van der Waals surface area contributed by atoms with Crippen molar-refractivity contribution in [3.05, 3.63) is 29.8 Å². The van der Waals surface area contributed by atoms with Crippen molar-refractivity contribution in [3.8, 4) is 11.5 Å². The topological polar surface area (TPSA) is 18.5 Å². The summed E-state index contributed by atoms with van der Waals surface area (Å²) in [5.41, 5.74) is 2.71. The van der Waals surface area contributed by atoms with Crippen LogP contribution in [0.3, 0.4) is 0 Å². The fraction of sp³-hybridized carbons (Fsp3) is 0.529. The normalized spacial score (nSPS) is 19.8. The first-order valence-corrected chi connectivity index (χ1v) is 8.64. The molecular formula is C17H22O2S. The second-order valence-corrected chi connectivity index (χ2v) is 6.57. The molecule has 3 heteroatoms.